The van der Waals surface area contributed by atoms with Crippen molar-refractivity contribution in [2.45, 2.75) is 13.2 Å². The fourth-order valence-corrected chi connectivity index (χ4v) is 2.79. The number of aromatic nitrogens is 2. The molecule has 0 unspecified atom stereocenters. The number of methoxy groups -OCH3 is 1. The molecule has 0 atom stereocenters. The van der Waals surface area contributed by atoms with Gasteiger partial charge >= 0.3 is 6.61 Å². The van der Waals surface area contributed by atoms with E-state index in [0.717, 1.165) is 0 Å². The Morgan fingerprint density at radius 2 is 2.07 bits per heavy atom. The molecule has 10 heteroatoms. The Hall–Kier alpha value is -3.20. The molecule has 1 heterocycles. The first-order valence-electron chi connectivity index (χ1n) is 8.27. The second kappa shape index (κ2) is 8.87. The normalized spacial score (nSPS) is 10.8. The highest BCUT2D eigenvalue weighted by molar-refractivity contribution is 6.31. The molecule has 6 nitrogen and oxygen atoms in total. The van der Waals surface area contributed by atoms with Gasteiger partial charge in [0.1, 0.15) is 5.82 Å². The number of hydrogen-bond acceptors (Lipinski definition) is 4. The van der Waals surface area contributed by atoms with Crippen LogP contribution in [0.5, 0.6) is 11.5 Å². The first-order valence-corrected chi connectivity index (χ1v) is 8.64. The molecular weight excluding hydrogens is 411 g/mol. The van der Waals surface area contributed by atoms with Crippen molar-refractivity contribution in [3.8, 4) is 11.5 Å². The third kappa shape index (κ3) is 5.00. The fraction of sp³-hybridized carbons (Fsp3) is 0.158. The Morgan fingerprint density at radius 3 is 2.76 bits per heavy atom. The number of anilines is 1. The minimum absolute atomic E-state index is 0.0113. The molecule has 0 aliphatic heterocycles. The van der Waals surface area contributed by atoms with Crippen LogP contribution in [0.2, 0.25) is 5.02 Å². The number of carbonyl (C=O) groups is 1. The maximum Gasteiger partial charge on any atom is 0.387 e. The largest absolute Gasteiger partial charge is 0.493 e. The van der Waals surface area contributed by atoms with Gasteiger partial charge in [-0.2, -0.15) is 13.9 Å². The van der Waals surface area contributed by atoms with Crippen molar-refractivity contribution in [2.24, 2.45) is 0 Å². The van der Waals surface area contributed by atoms with Crippen LogP contribution in [-0.2, 0) is 6.54 Å². The molecular formula is C19H15ClF3N3O3. The summed E-state index contributed by atoms with van der Waals surface area (Å²) in [5, 5.41) is 6.95. The minimum Gasteiger partial charge on any atom is -0.493 e. The molecule has 1 aromatic heterocycles. The van der Waals surface area contributed by atoms with E-state index in [2.05, 4.69) is 15.2 Å². The van der Waals surface area contributed by atoms with Gasteiger partial charge in [-0.1, -0.05) is 17.7 Å². The molecule has 0 bridgehead atoms. The summed E-state index contributed by atoms with van der Waals surface area (Å²) in [4.78, 5) is 12.4. The number of nitrogens with zero attached hydrogens (tertiary/aromatic N) is 2. The highest BCUT2D eigenvalue weighted by Gasteiger charge is 2.15. The van der Waals surface area contributed by atoms with Crippen LogP contribution in [0.15, 0.2) is 48.8 Å². The zero-order valence-electron chi connectivity index (χ0n) is 15.0. The summed E-state index contributed by atoms with van der Waals surface area (Å²) >= 11 is 6.00. The Bertz CT molecular complexity index is 1010. The van der Waals surface area contributed by atoms with Crippen molar-refractivity contribution >= 4 is 23.2 Å². The molecule has 152 valence electrons. The SMILES string of the molecule is COc1cc(C(=O)Nc2cnn(Cc3c(F)cccc3Cl)c2)ccc1OC(F)F. The average molecular weight is 426 g/mol. The lowest BCUT2D eigenvalue weighted by Gasteiger charge is -2.11. The van der Waals surface area contributed by atoms with Gasteiger partial charge in [-0.3, -0.25) is 9.48 Å². The number of halogens is 4. The molecule has 1 N–H and O–H groups in total. The molecule has 0 radical (unpaired) electrons. The number of benzene rings is 2. The Labute approximate surface area is 168 Å². The molecule has 0 spiro atoms. The number of hydrogen-bond donors (Lipinski definition) is 1. The number of alkyl halides is 2. The van der Waals surface area contributed by atoms with E-state index in [1.54, 1.807) is 6.07 Å². The summed E-state index contributed by atoms with van der Waals surface area (Å²) < 4.78 is 49.4. The number of rotatable bonds is 7. The Balaban J connectivity index is 1.72. The summed E-state index contributed by atoms with van der Waals surface area (Å²) in [6.45, 7) is -2.94. The molecule has 0 saturated heterocycles. The van der Waals surface area contributed by atoms with Crippen molar-refractivity contribution in [3.05, 3.63) is 70.8 Å². The van der Waals surface area contributed by atoms with Crippen LogP contribution in [0.1, 0.15) is 15.9 Å². The zero-order valence-corrected chi connectivity index (χ0v) is 15.8. The van der Waals surface area contributed by atoms with Gasteiger partial charge in [0.15, 0.2) is 11.5 Å². The molecule has 2 aromatic carbocycles. The first-order chi connectivity index (χ1) is 13.9. The molecule has 3 rings (SSSR count). The fourth-order valence-electron chi connectivity index (χ4n) is 2.57. The lowest BCUT2D eigenvalue weighted by atomic mass is 10.2. The van der Waals surface area contributed by atoms with Crippen LogP contribution in [0.25, 0.3) is 0 Å². The van der Waals surface area contributed by atoms with Crippen LogP contribution in [-0.4, -0.2) is 29.4 Å². The van der Waals surface area contributed by atoms with E-state index >= 15 is 0 Å². The summed E-state index contributed by atoms with van der Waals surface area (Å²) in [7, 11) is 1.27. The zero-order chi connectivity index (χ0) is 21.0. The molecule has 0 aliphatic rings. The van der Waals surface area contributed by atoms with Crippen molar-refractivity contribution in [1.29, 1.82) is 0 Å². The topological polar surface area (TPSA) is 65.4 Å². The van der Waals surface area contributed by atoms with Crippen LogP contribution in [0.3, 0.4) is 0 Å². The van der Waals surface area contributed by atoms with Gasteiger partial charge in [-0.25, -0.2) is 4.39 Å². The smallest absolute Gasteiger partial charge is 0.387 e. The number of amides is 1. The number of carbonyl (C=O) groups excluding carboxylic acids is 1. The predicted molar refractivity (Wildman–Crippen MR) is 100 cm³/mol. The highest BCUT2D eigenvalue weighted by atomic mass is 35.5. The monoisotopic (exact) mass is 425 g/mol. The average Bonchev–Trinajstić information content (AvgIpc) is 3.11. The molecule has 1 amide bonds. The van der Waals surface area contributed by atoms with E-state index in [9.17, 15) is 18.0 Å². The number of nitrogens with one attached hydrogen (secondary N) is 1. The molecule has 0 aliphatic carbocycles. The second-order valence-electron chi connectivity index (χ2n) is 5.83. The van der Waals surface area contributed by atoms with Gasteiger partial charge in [0.2, 0.25) is 0 Å². The van der Waals surface area contributed by atoms with Crippen LogP contribution >= 0.6 is 11.6 Å². The standard InChI is InChI=1S/C19H15ClF3N3O3/c1-28-17-7-11(5-6-16(17)29-19(22)23)18(27)25-12-8-24-26(9-12)10-13-14(20)3-2-4-15(13)21/h2-9,19H,10H2,1H3,(H,25,27). The van der Waals surface area contributed by atoms with Gasteiger partial charge in [0.05, 0.1) is 25.5 Å². The summed E-state index contributed by atoms with van der Waals surface area (Å²) in [5.41, 5.74) is 0.789. The summed E-state index contributed by atoms with van der Waals surface area (Å²) in [6.07, 6.45) is 2.89. The quantitative estimate of drug-likeness (QED) is 0.601. The number of ether oxygens (including phenoxy) is 2. The first kappa shape index (κ1) is 20.5. The van der Waals surface area contributed by atoms with Crippen molar-refractivity contribution < 1.29 is 27.4 Å². The van der Waals surface area contributed by atoms with E-state index in [1.807, 2.05) is 0 Å². The predicted octanol–water partition coefficient (Wildman–Crippen LogP) is 4.59. The van der Waals surface area contributed by atoms with Gasteiger partial charge in [0.25, 0.3) is 5.91 Å². The van der Waals surface area contributed by atoms with Crippen LogP contribution in [0, 0.1) is 5.82 Å². The van der Waals surface area contributed by atoms with E-state index in [0.29, 0.717) is 5.69 Å². The minimum atomic E-state index is -3.02. The summed E-state index contributed by atoms with van der Waals surface area (Å²) in [5.74, 6) is -1.18. The maximum atomic E-state index is 13.9. The van der Waals surface area contributed by atoms with Gasteiger partial charge in [-0.15, -0.1) is 0 Å². The molecule has 0 fully saturated rings. The van der Waals surface area contributed by atoms with E-state index in [1.165, 1.54) is 54.5 Å². The Kier molecular flexibility index (Phi) is 6.28. The Morgan fingerprint density at radius 1 is 1.28 bits per heavy atom. The second-order valence-corrected chi connectivity index (χ2v) is 6.23. The molecule has 29 heavy (non-hydrogen) atoms. The van der Waals surface area contributed by atoms with E-state index < -0.39 is 18.3 Å². The van der Waals surface area contributed by atoms with Crippen LogP contribution < -0.4 is 14.8 Å². The third-order valence-electron chi connectivity index (χ3n) is 3.91. The summed E-state index contributed by atoms with van der Waals surface area (Å²) in [6, 6.07) is 8.17. The van der Waals surface area contributed by atoms with E-state index in [4.69, 9.17) is 16.3 Å². The lowest BCUT2D eigenvalue weighted by molar-refractivity contribution is -0.0512. The van der Waals surface area contributed by atoms with Crippen molar-refractivity contribution in [3.63, 3.8) is 0 Å². The van der Waals surface area contributed by atoms with Gasteiger partial charge in [0, 0.05) is 22.3 Å². The molecule has 0 saturated carbocycles. The van der Waals surface area contributed by atoms with Crippen molar-refractivity contribution in [1.82, 2.24) is 9.78 Å². The molecule has 3 aromatic rings. The maximum absolute atomic E-state index is 13.9. The van der Waals surface area contributed by atoms with Crippen LogP contribution in [0.4, 0.5) is 18.9 Å². The van der Waals surface area contributed by atoms with E-state index in [-0.39, 0.29) is 34.2 Å². The van der Waals surface area contributed by atoms with Gasteiger partial charge < -0.3 is 14.8 Å². The van der Waals surface area contributed by atoms with Gasteiger partial charge in [-0.05, 0) is 30.3 Å². The third-order valence-corrected chi connectivity index (χ3v) is 4.27. The van der Waals surface area contributed by atoms with Crippen molar-refractivity contribution in [2.75, 3.05) is 12.4 Å². The highest BCUT2D eigenvalue weighted by Crippen LogP contribution is 2.29. The lowest BCUT2D eigenvalue weighted by Crippen LogP contribution is -2.12.